The summed E-state index contributed by atoms with van der Waals surface area (Å²) in [6, 6.07) is 30.4. The zero-order chi connectivity index (χ0) is 16.8. The van der Waals surface area contributed by atoms with Crippen molar-refractivity contribution < 1.29 is 0 Å². The fraction of sp³-hybridized carbons (Fsp3) is 0. The molecule has 5 aromatic rings. The van der Waals surface area contributed by atoms with Gasteiger partial charge in [0.05, 0.1) is 0 Å². The molecule has 0 aliphatic carbocycles. The van der Waals surface area contributed by atoms with E-state index >= 15 is 0 Å². The van der Waals surface area contributed by atoms with E-state index in [2.05, 4.69) is 107 Å². The second-order valence-corrected chi connectivity index (χ2v) is 7.28. The molecule has 0 saturated heterocycles. The first-order chi connectivity index (χ1) is 12.3. The molecule has 0 spiro atoms. The quantitative estimate of drug-likeness (QED) is 0.230. The first-order valence-electron chi connectivity index (χ1n) is 8.40. The molecule has 0 fully saturated rings. The van der Waals surface area contributed by atoms with Crippen molar-refractivity contribution >= 4 is 54.3 Å². The highest BCUT2D eigenvalue weighted by atomic mass is 79.9. The first kappa shape index (κ1) is 14.7. The molecular weight excluding hydrogens is 368 g/mol. The molecule has 25 heavy (non-hydrogen) atoms. The number of fused-ring (bicyclic) bond motifs is 2. The summed E-state index contributed by atoms with van der Waals surface area (Å²) in [7, 11) is 0. The number of rotatable bonds is 1. The smallest absolute Gasteiger partial charge is 0.0175 e. The zero-order valence-corrected chi connectivity index (χ0v) is 15.1. The summed E-state index contributed by atoms with van der Waals surface area (Å²) in [5.41, 5.74) is 1.21. The molecule has 0 unspecified atom stereocenters. The Labute approximate surface area is 154 Å². The zero-order valence-electron chi connectivity index (χ0n) is 13.5. The summed E-state index contributed by atoms with van der Waals surface area (Å²) in [4.78, 5) is 0. The second-order valence-electron chi connectivity index (χ2n) is 6.36. The molecule has 5 rings (SSSR count). The Hall–Kier alpha value is -2.64. The molecular formula is C24H15Br. The van der Waals surface area contributed by atoms with Gasteiger partial charge in [0.25, 0.3) is 0 Å². The normalized spacial score (nSPS) is 12.4. The number of hydrogen-bond donors (Lipinski definition) is 0. The van der Waals surface area contributed by atoms with Gasteiger partial charge in [-0.3, -0.25) is 0 Å². The maximum Gasteiger partial charge on any atom is 0.0175 e. The minimum Gasteiger partial charge on any atom is -0.0616 e. The molecule has 0 aromatic heterocycles. The summed E-state index contributed by atoms with van der Waals surface area (Å²) in [6.45, 7) is 0. The molecule has 0 nitrogen and oxygen atoms in total. The van der Waals surface area contributed by atoms with Crippen LogP contribution in [-0.4, -0.2) is 0 Å². The molecule has 0 bridgehead atoms. The van der Waals surface area contributed by atoms with E-state index in [1.165, 1.54) is 43.1 Å². The van der Waals surface area contributed by atoms with E-state index < -0.39 is 0 Å². The van der Waals surface area contributed by atoms with Crippen molar-refractivity contribution in [2.45, 2.75) is 0 Å². The molecule has 0 saturated carbocycles. The summed E-state index contributed by atoms with van der Waals surface area (Å²) >= 11 is 3.52. The van der Waals surface area contributed by atoms with Gasteiger partial charge in [-0.05, 0) is 61.3 Å². The van der Waals surface area contributed by atoms with Gasteiger partial charge in [0.15, 0.2) is 0 Å². The van der Waals surface area contributed by atoms with Crippen molar-refractivity contribution in [1.29, 1.82) is 0 Å². The van der Waals surface area contributed by atoms with Gasteiger partial charge < -0.3 is 0 Å². The largest absolute Gasteiger partial charge is 0.0616 e. The van der Waals surface area contributed by atoms with Crippen LogP contribution in [0.1, 0.15) is 5.56 Å². The minimum atomic E-state index is 1.10. The topological polar surface area (TPSA) is 0 Å². The Morgan fingerprint density at radius 3 is 1.96 bits per heavy atom. The third-order valence-electron chi connectivity index (χ3n) is 4.88. The van der Waals surface area contributed by atoms with Crippen molar-refractivity contribution in [3.05, 3.63) is 100 Å². The maximum absolute atomic E-state index is 3.52. The standard InChI is InChI=1S/C24H15Br/c25-18-13-11-16(12-14-18)15-23-20-8-2-1-7-19(20)21-9-3-5-17-6-4-10-22(23)24(17)21/h1-15H. The van der Waals surface area contributed by atoms with E-state index in [4.69, 9.17) is 0 Å². The maximum atomic E-state index is 3.52. The lowest BCUT2D eigenvalue weighted by Crippen LogP contribution is -2.05. The van der Waals surface area contributed by atoms with Crippen LogP contribution in [0.2, 0.25) is 0 Å². The third kappa shape index (κ3) is 2.35. The molecule has 0 aliphatic rings. The summed E-state index contributed by atoms with van der Waals surface area (Å²) in [5.74, 6) is 0. The van der Waals surface area contributed by atoms with Gasteiger partial charge in [0, 0.05) is 4.47 Å². The van der Waals surface area contributed by atoms with Crippen molar-refractivity contribution in [2.24, 2.45) is 0 Å². The van der Waals surface area contributed by atoms with Crippen LogP contribution in [0.5, 0.6) is 0 Å². The molecule has 0 amide bonds. The summed E-state index contributed by atoms with van der Waals surface area (Å²) in [6.07, 6.45) is 2.30. The van der Waals surface area contributed by atoms with Gasteiger partial charge in [-0.25, -0.2) is 0 Å². The highest BCUT2D eigenvalue weighted by molar-refractivity contribution is 9.10. The fourth-order valence-electron chi connectivity index (χ4n) is 3.77. The lowest BCUT2D eigenvalue weighted by molar-refractivity contribution is 1.60. The van der Waals surface area contributed by atoms with Gasteiger partial charge in [0.2, 0.25) is 0 Å². The van der Waals surface area contributed by atoms with Crippen molar-refractivity contribution in [2.75, 3.05) is 0 Å². The van der Waals surface area contributed by atoms with E-state index in [1.54, 1.807) is 0 Å². The van der Waals surface area contributed by atoms with Crippen LogP contribution in [0.3, 0.4) is 0 Å². The van der Waals surface area contributed by atoms with E-state index in [1.807, 2.05) is 0 Å². The lowest BCUT2D eigenvalue weighted by atomic mass is 9.92. The molecule has 0 radical (unpaired) electrons. The predicted molar refractivity (Wildman–Crippen MR) is 112 cm³/mol. The van der Waals surface area contributed by atoms with Crippen LogP contribution in [0.4, 0.5) is 0 Å². The molecule has 0 N–H and O–H groups in total. The van der Waals surface area contributed by atoms with Crippen LogP contribution in [0.25, 0.3) is 38.4 Å². The van der Waals surface area contributed by atoms with Crippen LogP contribution >= 0.6 is 15.9 Å². The van der Waals surface area contributed by atoms with Gasteiger partial charge in [-0.2, -0.15) is 0 Å². The summed E-state index contributed by atoms with van der Waals surface area (Å²) in [5, 5.41) is 9.21. The van der Waals surface area contributed by atoms with Crippen molar-refractivity contribution in [3.8, 4) is 0 Å². The van der Waals surface area contributed by atoms with E-state index in [-0.39, 0.29) is 0 Å². The summed E-state index contributed by atoms with van der Waals surface area (Å²) < 4.78 is 1.10. The molecule has 0 atom stereocenters. The Morgan fingerprint density at radius 1 is 0.560 bits per heavy atom. The third-order valence-corrected chi connectivity index (χ3v) is 5.41. The molecule has 0 heterocycles. The highest BCUT2D eigenvalue weighted by Crippen LogP contribution is 2.30. The van der Waals surface area contributed by atoms with Crippen LogP contribution in [-0.2, 0) is 0 Å². The second kappa shape index (κ2) is 5.72. The monoisotopic (exact) mass is 382 g/mol. The SMILES string of the molecule is Brc1ccc(C=c2c3ccccc3c3cccc4cccc2c43)cc1. The molecule has 1 heteroatoms. The van der Waals surface area contributed by atoms with Crippen molar-refractivity contribution in [1.82, 2.24) is 0 Å². The average Bonchev–Trinajstić information content (AvgIpc) is 2.66. The highest BCUT2D eigenvalue weighted by Gasteiger charge is 2.08. The number of hydrogen-bond acceptors (Lipinski definition) is 0. The molecule has 5 aromatic carbocycles. The predicted octanol–water partition coefficient (Wildman–Crippen LogP) is 6.46. The van der Waals surface area contributed by atoms with E-state index in [0.717, 1.165) is 4.47 Å². The number of benzene rings is 5. The van der Waals surface area contributed by atoms with E-state index in [0.29, 0.717) is 0 Å². The minimum absolute atomic E-state index is 1.10. The Kier molecular flexibility index (Phi) is 3.36. The van der Waals surface area contributed by atoms with Gasteiger partial charge >= 0.3 is 0 Å². The fourth-order valence-corrected chi connectivity index (χ4v) is 4.03. The van der Waals surface area contributed by atoms with Gasteiger partial charge in [-0.1, -0.05) is 88.7 Å². The van der Waals surface area contributed by atoms with Crippen LogP contribution < -0.4 is 5.22 Å². The van der Waals surface area contributed by atoms with Gasteiger partial charge in [0.1, 0.15) is 0 Å². The number of halogens is 1. The molecule has 118 valence electrons. The Bertz CT molecular complexity index is 1280. The van der Waals surface area contributed by atoms with Crippen molar-refractivity contribution in [3.63, 3.8) is 0 Å². The Balaban J connectivity index is 2.04. The Morgan fingerprint density at radius 2 is 1.20 bits per heavy atom. The molecule has 0 aliphatic heterocycles. The van der Waals surface area contributed by atoms with Crippen LogP contribution in [0, 0.1) is 0 Å². The lowest BCUT2D eigenvalue weighted by Gasteiger charge is -2.11. The van der Waals surface area contributed by atoms with Crippen LogP contribution in [0.15, 0.2) is 89.4 Å². The van der Waals surface area contributed by atoms with Gasteiger partial charge in [-0.15, -0.1) is 0 Å². The average molecular weight is 383 g/mol. The van der Waals surface area contributed by atoms with E-state index in [9.17, 15) is 0 Å². The first-order valence-corrected chi connectivity index (χ1v) is 9.20.